The smallest absolute Gasteiger partial charge is 0.355 e. The second-order valence-corrected chi connectivity index (χ2v) is 19.5. The van der Waals surface area contributed by atoms with E-state index >= 15 is 0 Å². The van der Waals surface area contributed by atoms with Crippen molar-refractivity contribution in [3.05, 3.63) is 118 Å². The SMILES string of the molecule is Cc1nn(C)c(C)c1-c1c(Cl)ccc2c(CCCOc3cccc4cc(F)ccc34)c(C(=O)OC(C)(C)C)n(CCN3CCN(C(=O)c4cc5cc(C6CCC(=O)NC6=O)ccc5n4C)CC3)c12. The molecule has 0 saturated carbocycles. The van der Waals surface area contributed by atoms with Gasteiger partial charge in [0.25, 0.3) is 5.91 Å². The van der Waals surface area contributed by atoms with Crippen LogP contribution in [0.25, 0.3) is 43.7 Å². The third kappa shape index (κ3) is 8.99. The Balaban J connectivity index is 0.992. The predicted octanol–water partition coefficient (Wildman–Crippen LogP) is 9.04. The van der Waals surface area contributed by atoms with E-state index in [9.17, 15) is 23.6 Å². The number of imide groups is 1. The first-order valence-corrected chi connectivity index (χ1v) is 23.7. The molecule has 2 aliphatic heterocycles. The first kappa shape index (κ1) is 46.6. The first-order valence-electron chi connectivity index (χ1n) is 23.3. The van der Waals surface area contributed by atoms with Gasteiger partial charge in [-0.1, -0.05) is 35.9 Å². The molecule has 0 spiro atoms. The number of piperidine rings is 1. The van der Waals surface area contributed by atoms with Crippen LogP contribution in [0, 0.1) is 19.7 Å². The molecule has 13 nitrogen and oxygen atoms in total. The maximum atomic E-state index is 14.6. The van der Waals surface area contributed by atoms with Crippen LogP contribution in [0.1, 0.15) is 89.4 Å². The second-order valence-electron chi connectivity index (χ2n) is 19.1. The molecule has 0 bridgehead atoms. The third-order valence-corrected chi connectivity index (χ3v) is 13.8. The van der Waals surface area contributed by atoms with Crippen LogP contribution in [-0.2, 0) is 41.4 Å². The average Bonchev–Trinajstić information content (AvgIpc) is 3.89. The quantitative estimate of drug-likeness (QED) is 0.0730. The number of amides is 3. The zero-order valence-electron chi connectivity index (χ0n) is 39.7. The Bertz CT molecular complexity index is 3150. The number of piperazine rings is 1. The van der Waals surface area contributed by atoms with E-state index in [1.165, 1.54) is 12.1 Å². The van der Waals surface area contributed by atoms with E-state index in [2.05, 4.69) is 14.8 Å². The highest BCUT2D eigenvalue weighted by Crippen LogP contribution is 2.43. The largest absolute Gasteiger partial charge is 0.493 e. The van der Waals surface area contributed by atoms with Gasteiger partial charge in [-0.15, -0.1) is 0 Å². The van der Waals surface area contributed by atoms with E-state index < -0.39 is 17.5 Å². The fourth-order valence-electron chi connectivity index (χ4n) is 10.1. The van der Waals surface area contributed by atoms with Crippen molar-refractivity contribution in [1.29, 1.82) is 0 Å². The van der Waals surface area contributed by atoms with E-state index in [-0.39, 0.29) is 23.5 Å². The Morgan fingerprint density at radius 3 is 2.38 bits per heavy atom. The number of nitrogens with one attached hydrogen (secondary N) is 1. The lowest BCUT2D eigenvalue weighted by molar-refractivity contribution is -0.134. The molecule has 2 saturated heterocycles. The van der Waals surface area contributed by atoms with Crippen molar-refractivity contribution in [2.75, 3.05) is 39.3 Å². The number of benzene rings is 4. The number of hydrogen-bond donors (Lipinski definition) is 1. The van der Waals surface area contributed by atoms with Crippen molar-refractivity contribution < 1.29 is 33.0 Å². The summed E-state index contributed by atoms with van der Waals surface area (Å²) in [6, 6.07) is 21.8. The number of carbonyl (C=O) groups excluding carboxylic acids is 4. The molecule has 2 aliphatic rings. The summed E-state index contributed by atoms with van der Waals surface area (Å²) in [5.41, 5.74) is 7.09. The Labute approximate surface area is 399 Å². The molecule has 1 unspecified atom stereocenters. The zero-order valence-corrected chi connectivity index (χ0v) is 40.4. The first-order chi connectivity index (χ1) is 32.5. The molecule has 9 rings (SSSR count). The number of ether oxygens (including phenoxy) is 2. The minimum Gasteiger partial charge on any atom is -0.493 e. The van der Waals surface area contributed by atoms with Gasteiger partial charge < -0.3 is 23.5 Å². The minimum atomic E-state index is -0.771. The number of nitrogens with zero attached hydrogens (tertiary/aromatic N) is 6. The molecule has 7 aromatic rings. The molecule has 0 aliphatic carbocycles. The van der Waals surface area contributed by atoms with Crippen LogP contribution in [0.2, 0.25) is 5.02 Å². The van der Waals surface area contributed by atoms with Crippen LogP contribution in [0.15, 0.2) is 72.8 Å². The maximum Gasteiger partial charge on any atom is 0.355 e. The Hall–Kier alpha value is -6.51. The molecule has 1 N–H and O–H groups in total. The second kappa shape index (κ2) is 18.5. The molecule has 354 valence electrons. The van der Waals surface area contributed by atoms with E-state index in [0.717, 1.165) is 66.2 Å². The molecular formula is C53H57ClFN7O6. The molecule has 1 atom stereocenters. The van der Waals surface area contributed by atoms with Crippen molar-refractivity contribution in [1.82, 2.24) is 34.0 Å². The van der Waals surface area contributed by atoms with Gasteiger partial charge in [0, 0.05) is 98.3 Å². The number of fused-ring (bicyclic) bond motifs is 3. The van der Waals surface area contributed by atoms with Gasteiger partial charge in [-0.3, -0.25) is 29.3 Å². The van der Waals surface area contributed by atoms with E-state index in [1.807, 2.05) is 117 Å². The number of aryl methyl sites for hydroxylation is 4. The van der Waals surface area contributed by atoms with Gasteiger partial charge in [0.05, 0.1) is 28.8 Å². The molecule has 5 heterocycles. The van der Waals surface area contributed by atoms with Crippen LogP contribution < -0.4 is 10.1 Å². The Morgan fingerprint density at radius 1 is 0.897 bits per heavy atom. The standard InChI is InChI=1S/C53H57ClFN7O6/c1-31-46(32(2)59(7)57-31)47-41(54)18-16-40-39(11-9-27-67-44-12-8-10-33-29-36(55)14-15-37(33)44)49(52(66)68-53(3,4)5)62(48(40)47)26-23-60-21-24-61(25-22-60)51(65)43-30-35-28-34(13-19-42(35)58(43)6)38-17-20-45(63)56-50(38)64/h8,10,12-16,18-19,28-30,38H,9,11,17,20-27H2,1-7H3,(H,56,63,64). The van der Waals surface area contributed by atoms with E-state index in [4.69, 9.17) is 26.2 Å². The van der Waals surface area contributed by atoms with Crippen LogP contribution >= 0.6 is 11.6 Å². The number of halogens is 2. The minimum absolute atomic E-state index is 0.0704. The van der Waals surface area contributed by atoms with Crippen molar-refractivity contribution in [2.45, 2.75) is 78.4 Å². The van der Waals surface area contributed by atoms with Crippen molar-refractivity contribution >= 4 is 67.9 Å². The molecule has 2 fully saturated rings. The number of aromatic nitrogens is 4. The molecule has 3 aromatic heterocycles. The van der Waals surface area contributed by atoms with E-state index in [0.29, 0.717) is 93.7 Å². The number of hydrogen-bond acceptors (Lipinski definition) is 8. The number of rotatable bonds is 12. The average molecular weight is 943 g/mol. The molecular weight excluding hydrogens is 885 g/mol. The lowest BCUT2D eigenvalue weighted by Crippen LogP contribution is -2.49. The zero-order chi connectivity index (χ0) is 48.2. The summed E-state index contributed by atoms with van der Waals surface area (Å²) in [6.07, 6.45) is 1.82. The lowest BCUT2D eigenvalue weighted by Gasteiger charge is -2.35. The topological polar surface area (TPSA) is 133 Å². The van der Waals surface area contributed by atoms with Crippen LogP contribution in [0.5, 0.6) is 5.75 Å². The Kier molecular flexibility index (Phi) is 12.7. The summed E-state index contributed by atoms with van der Waals surface area (Å²) in [7, 11) is 3.79. The highest BCUT2D eigenvalue weighted by Gasteiger charge is 2.33. The van der Waals surface area contributed by atoms with Gasteiger partial charge >= 0.3 is 5.97 Å². The van der Waals surface area contributed by atoms with Crippen molar-refractivity contribution in [3.8, 4) is 16.9 Å². The highest BCUT2D eigenvalue weighted by atomic mass is 35.5. The van der Waals surface area contributed by atoms with Gasteiger partial charge in [0.15, 0.2) is 0 Å². The van der Waals surface area contributed by atoms with Gasteiger partial charge in [-0.25, -0.2) is 9.18 Å². The van der Waals surface area contributed by atoms with Crippen LogP contribution in [0.4, 0.5) is 4.39 Å². The van der Waals surface area contributed by atoms with Gasteiger partial charge in [0.1, 0.15) is 28.6 Å². The lowest BCUT2D eigenvalue weighted by atomic mass is 9.90. The summed E-state index contributed by atoms with van der Waals surface area (Å²) < 4.78 is 32.4. The van der Waals surface area contributed by atoms with Gasteiger partial charge in [0.2, 0.25) is 11.8 Å². The van der Waals surface area contributed by atoms with Crippen molar-refractivity contribution in [2.24, 2.45) is 14.1 Å². The fourth-order valence-corrected chi connectivity index (χ4v) is 10.3. The maximum absolute atomic E-state index is 14.6. The van der Waals surface area contributed by atoms with Crippen LogP contribution in [-0.4, -0.2) is 97.3 Å². The molecule has 68 heavy (non-hydrogen) atoms. The van der Waals surface area contributed by atoms with Crippen LogP contribution in [0.3, 0.4) is 0 Å². The summed E-state index contributed by atoms with van der Waals surface area (Å²) in [4.78, 5) is 57.4. The summed E-state index contributed by atoms with van der Waals surface area (Å²) in [5, 5.41) is 11.1. The molecule has 3 amide bonds. The normalized spacial score (nSPS) is 16.0. The summed E-state index contributed by atoms with van der Waals surface area (Å²) in [6.45, 7) is 13.2. The fraction of sp³-hybridized carbons (Fsp3) is 0.377. The molecule has 0 radical (unpaired) electrons. The number of esters is 1. The summed E-state index contributed by atoms with van der Waals surface area (Å²) in [5.74, 6) is -1.11. The van der Waals surface area contributed by atoms with Gasteiger partial charge in [-0.05, 0) is 119 Å². The van der Waals surface area contributed by atoms with Crippen molar-refractivity contribution in [3.63, 3.8) is 0 Å². The number of carbonyl (C=O) groups is 4. The Morgan fingerprint density at radius 2 is 1.66 bits per heavy atom. The molecule has 4 aromatic carbocycles. The van der Waals surface area contributed by atoms with Gasteiger partial charge in [-0.2, -0.15) is 5.10 Å². The summed E-state index contributed by atoms with van der Waals surface area (Å²) >= 11 is 7.21. The third-order valence-electron chi connectivity index (χ3n) is 13.5. The predicted molar refractivity (Wildman–Crippen MR) is 262 cm³/mol. The monoisotopic (exact) mass is 941 g/mol. The van der Waals surface area contributed by atoms with E-state index in [1.54, 1.807) is 6.07 Å². The molecule has 15 heteroatoms. The highest BCUT2D eigenvalue weighted by molar-refractivity contribution is 6.35.